The summed E-state index contributed by atoms with van der Waals surface area (Å²) in [5.74, 6) is 0.363. The molecule has 0 bridgehead atoms. The first-order chi connectivity index (χ1) is 12.8. The maximum atomic E-state index is 13.6. The van der Waals surface area contributed by atoms with Crippen LogP contribution >= 0.6 is 7.75 Å². The molecule has 0 aliphatic rings. The molecular formula is C21H36NO5P. The molecule has 0 radical (unpaired) electrons. The smallest absolute Gasteiger partial charge is 0.459 e. The highest BCUT2D eigenvalue weighted by Gasteiger charge is 2.41. The minimum Gasteiger partial charge on any atom is -0.462 e. The van der Waals surface area contributed by atoms with Gasteiger partial charge in [0.25, 0.3) is 0 Å². The number of benzene rings is 1. The fourth-order valence-corrected chi connectivity index (χ4v) is 4.44. The second-order valence-electron chi connectivity index (χ2n) is 8.27. The summed E-state index contributed by atoms with van der Waals surface area (Å²) in [6.45, 7) is 16.8. The standard InChI is InChI=1S/C21H36NO5P/c1-10-25-28(24,22-21(8,9)20(23)26-16(6)7)27-19-17(14(2)3)12-11-13-18(19)15(4)5/h11-16H,10H2,1-9H3,(H,22,24). The van der Waals surface area contributed by atoms with E-state index in [2.05, 4.69) is 32.8 Å². The van der Waals surface area contributed by atoms with Crippen molar-refractivity contribution in [1.82, 2.24) is 5.09 Å². The third-order valence-corrected chi connectivity index (χ3v) is 5.95. The maximum absolute atomic E-state index is 13.6. The molecule has 0 saturated carbocycles. The van der Waals surface area contributed by atoms with E-state index in [4.69, 9.17) is 13.8 Å². The molecule has 0 heterocycles. The van der Waals surface area contributed by atoms with Crippen LogP contribution in [0.25, 0.3) is 0 Å². The van der Waals surface area contributed by atoms with Crippen LogP contribution in [0.3, 0.4) is 0 Å². The Bertz CT molecular complexity index is 686. The highest BCUT2D eigenvalue weighted by Crippen LogP contribution is 2.50. The van der Waals surface area contributed by atoms with E-state index in [1.165, 1.54) is 0 Å². The van der Waals surface area contributed by atoms with Crippen LogP contribution in [0.5, 0.6) is 5.75 Å². The maximum Gasteiger partial charge on any atom is 0.459 e. The third kappa shape index (κ3) is 6.61. The third-order valence-electron chi connectivity index (χ3n) is 4.10. The lowest BCUT2D eigenvalue weighted by Crippen LogP contribution is -2.47. The summed E-state index contributed by atoms with van der Waals surface area (Å²) >= 11 is 0. The molecule has 1 unspecified atom stereocenters. The van der Waals surface area contributed by atoms with E-state index in [0.29, 0.717) is 5.75 Å². The highest BCUT2D eigenvalue weighted by molar-refractivity contribution is 7.52. The minimum absolute atomic E-state index is 0.167. The van der Waals surface area contributed by atoms with E-state index in [0.717, 1.165) is 11.1 Å². The summed E-state index contributed by atoms with van der Waals surface area (Å²) in [6.07, 6.45) is -0.282. The number of hydrogen-bond donors (Lipinski definition) is 1. The van der Waals surface area contributed by atoms with Crippen LogP contribution < -0.4 is 9.61 Å². The molecule has 7 heteroatoms. The lowest BCUT2D eigenvalue weighted by Gasteiger charge is -2.31. The normalized spacial score (nSPS) is 14.4. The molecule has 0 saturated heterocycles. The van der Waals surface area contributed by atoms with Crippen molar-refractivity contribution in [2.24, 2.45) is 0 Å². The average Bonchev–Trinajstić information content (AvgIpc) is 2.53. The number of rotatable bonds is 10. The van der Waals surface area contributed by atoms with E-state index < -0.39 is 19.3 Å². The van der Waals surface area contributed by atoms with E-state index in [1.807, 2.05) is 18.2 Å². The molecule has 0 spiro atoms. The molecule has 160 valence electrons. The number of esters is 1. The van der Waals surface area contributed by atoms with Crippen molar-refractivity contribution in [3.8, 4) is 5.75 Å². The van der Waals surface area contributed by atoms with Crippen molar-refractivity contribution in [2.45, 2.75) is 85.8 Å². The lowest BCUT2D eigenvalue weighted by molar-refractivity contribution is -0.153. The molecule has 1 aromatic carbocycles. The van der Waals surface area contributed by atoms with E-state index in [-0.39, 0.29) is 24.5 Å². The zero-order valence-corrected chi connectivity index (χ0v) is 19.6. The molecule has 0 aliphatic heterocycles. The Labute approximate surface area is 169 Å². The lowest BCUT2D eigenvalue weighted by atomic mass is 9.94. The van der Waals surface area contributed by atoms with Crippen molar-refractivity contribution in [2.75, 3.05) is 6.61 Å². The molecule has 0 fully saturated rings. The number of hydrogen-bond acceptors (Lipinski definition) is 5. The summed E-state index contributed by atoms with van der Waals surface area (Å²) < 4.78 is 30.4. The summed E-state index contributed by atoms with van der Waals surface area (Å²) in [7, 11) is -3.84. The molecule has 0 aromatic heterocycles. The Hall–Kier alpha value is -1.36. The van der Waals surface area contributed by atoms with E-state index in [1.54, 1.807) is 34.6 Å². The molecule has 1 atom stereocenters. The first-order valence-electron chi connectivity index (χ1n) is 9.90. The molecule has 1 N–H and O–H groups in total. The van der Waals surface area contributed by atoms with Crippen LogP contribution in [0.1, 0.15) is 85.3 Å². The van der Waals surface area contributed by atoms with E-state index >= 15 is 0 Å². The first kappa shape index (κ1) is 24.7. The number of nitrogens with one attached hydrogen (secondary N) is 1. The minimum atomic E-state index is -3.84. The van der Waals surface area contributed by atoms with Gasteiger partial charge in [-0.1, -0.05) is 45.9 Å². The molecule has 0 amide bonds. The highest BCUT2D eigenvalue weighted by atomic mass is 31.2. The van der Waals surface area contributed by atoms with Crippen LogP contribution in [-0.4, -0.2) is 24.2 Å². The van der Waals surface area contributed by atoms with Crippen molar-refractivity contribution < 1.29 is 23.1 Å². The van der Waals surface area contributed by atoms with Gasteiger partial charge in [-0.05, 0) is 57.6 Å². The summed E-state index contributed by atoms with van der Waals surface area (Å²) in [5, 5.41) is 2.79. The fraction of sp³-hybridized carbons (Fsp3) is 0.667. The van der Waals surface area contributed by atoms with Crippen molar-refractivity contribution in [3.63, 3.8) is 0 Å². The van der Waals surface area contributed by atoms with Crippen molar-refractivity contribution in [3.05, 3.63) is 29.3 Å². The molecule has 1 rings (SSSR count). The average molecular weight is 413 g/mol. The first-order valence-corrected chi connectivity index (χ1v) is 11.4. The number of ether oxygens (including phenoxy) is 1. The van der Waals surface area contributed by atoms with Gasteiger partial charge in [0.1, 0.15) is 11.3 Å². The Kier molecular flexibility index (Phi) is 8.73. The Morgan fingerprint density at radius 3 is 1.96 bits per heavy atom. The van der Waals surface area contributed by atoms with Crippen molar-refractivity contribution in [1.29, 1.82) is 0 Å². The Morgan fingerprint density at radius 2 is 1.57 bits per heavy atom. The molecule has 1 aromatic rings. The Morgan fingerprint density at radius 1 is 1.07 bits per heavy atom. The quantitative estimate of drug-likeness (QED) is 0.387. The van der Waals surface area contributed by atoms with Gasteiger partial charge < -0.3 is 9.26 Å². The second kappa shape index (κ2) is 9.91. The van der Waals surface area contributed by atoms with Crippen LogP contribution in [-0.2, 0) is 18.6 Å². The van der Waals surface area contributed by atoms with Gasteiger partial charge in [0.15, 0.2) is 0 Å². The topological polar surface area (TPSA) is 73.9 Å². The van der Waals surface area contributed by atoms with Crippen LogP contribution in [0.15, 0.2) is 18.2 Å². The second-order valence-corrected chi connectivity index (χ2v) is 9.93. The largest absolute Gasteiger partial charge is 0.462 e. The summed E-state index contributed by atoms with van der Waals surface area (Å²) in [6, 6.07) is 5.89. The molecule has 28 heavy (non-hydrogen) atoms. The van der Waals surface area contributed by atoms with Gasteiger partial charge in [-0.15, -0.1) is 0 Å². The number of carbonyl (C=O) groups excluding carboxylic acids is 1. The summed E-state index contributed by atoms with van der Waals surface area (Å²) in [4.78, 5) is 12.4. The zero-order valence-electron chi connectivity index (χ0n) is 18.7. The van der Waals surface area contributed by atoms with Gasteiger partial charge in [-0.3, -0.25) is 9.32 Å². The van der Waals surface area contributed by atoms with Gasteiger partial charge in [-0.25, -0.2) is 4.57 Å². The predicted molar refractivity (Wildman–Crippen MR) is 113 cm³/mol. The van der Waals surface area contributed by atoms with Gasteiger partial charge in [0, 0.05) is 0 Å². The van der Waals surface area contributed by atoms with Crippen LogP contribution in [0.2, 0.25) is 0 Å². The van der Waals surface area contributed by atoms with Gasteiger partial charge >= 0.3 is 13.7 Å². The van der Waals surface area contributed by atoms with Crippen LogP contribution in [0, 0.1) is 0 Å². The Balaban J connectivity index is 3.33. The van der Waals surface area contributed by atoms with E-state index in [9.17, 15) is 9.36 Å². The van der Waals surface area contributed by atoms with Gasteiger partial charge in [0.05, 0.1) is 12.7 Å². The molecular weight excluding hydrogens is 377 g/mol. The summed E-state index contributed by atoms with van der Waals surface area (Å²) in [5.41, 5.74) is 0.630. The molecule has 0 aliphatic carbocycles. The SMILES string of the molecule is CCOP(=O)(NC(C)(C)C(=O)OC(C)C)Oc1c(C(C)C)cccc1C(C)C. The predicted octanol–water partition coefficient (Wildman–Crippen LogP) is 5.78. The van der Waals surface area contributed by atoms with Crippen molar-refractivity contribution >= 4 is 13.7 Å². The van der Waals surface area contributed by atoms with Crippen LogP contribution in [0.4, 0.5) is 0 Å². The number of carbonyl (C=O) groups is 1. The van der Waals surface area contributed by atoms with Gasteiger partial charge in [-0.2, -0.15) is 5.09 Å². The monoisotopic (exact) mass is 413 g/mol. The fourth-order valence-electron chi connectivity index (χ4n) is 2.71. The van der Waals surface area contributed by atoms with Gasteiger partial charge in [0.2, 0.25) is 0 Å². The molecule has 6 nitrogen and oxygen atoms in total. The number of para-hydroxylation sites is 1. The zero-order chi connectivity index (χ0) is 21.7.